The van der Waals surface area contributed by atoms with Crippen LogP contribution in [-0.4, -0.2) is 54.3 Å². The van der Waals surface area contributed by atoms with Crippen molar-refractivity contribution in [1.29, 1.82) is 0 Å². The molecule has 1 aliphatic carbocycles. The summed E-state index contributed by atoms with van der Waals surface area (Å²) in [5.74, 6) is 1.01. The second-order valence-corrected chi connectivity index (χ2v) is 7.02. The highest BCUT2D eigenvalue weighted by Gasteiger charge is 2.28. The van der Waals surface area contributed by atoms with E-state index in [0.29, 0.717) is 6.54 Å². The first-order chi connectivity index (χ1) is 13.2. The standard InChI is InChI=1S/C21H30N4O2/c1-4-25(5-2)13-12-22-21(26)16-8-11-19-18(14-16)20(24-23-19)15-6-9-17(27-3)10-7-15/h6-7,9-10,16H,4-5,8,11-14H2,1-3H3,(H,22,26)(H,23,24)/t16-/m1/s1. The van der Waals surface area contributed by atoms with Crippen LogP contribution >= 0.6 is 0 Å². The van der Waals surface area contributed by atoms with Gasteiger partial charge >= 0.3 is 0 Å². The van der Waals surface area contributed by atoms with Crippen LogP contribution in [0.4, 0.5) is 0 Å². The van der Waals surface area contributed by atoms with Crippen LogP contribution in [0.15, 0.2) is 24.3 Å². The summed E-state index contributed by atoms with van der Waals surface area (Å²) in [6.07, 6.45) is 2.48. The summed E-state index contributed by atoms with van der Waals surface area (Å²) in [7, 11) is 1.66. The van der Waals surface area contributed by atoms with Crippen molar-refractivity contribution in [2.45, 2.75) is 33.1 Å². The van der Waals surface area contributed by atoms with E-state index >= 15 is 0 Å². The number of amides is 1. The van der Waals surface area contributed by atoms with Crippen molar-refractivity contribution >= 4 is 5.91 Å². The van der Waals surface area contributed by atoms with Gasteiger partial charge in [0.25, 0.3) is 0 Å². The van der Waals surface area contributed by atoms with Gasteiger partial charge in [-0.25, -0.2) is 0 Å². The number of nitrogens with one attached hydrogen (secondary N) is 2. The normalized spacial score (nSPS) is 16.2. The van der Waals surface area contributed by atoms with Crippen LogP contribution in [0, 0.1) is 5.92 Å². The number of carbonyl (C=O) groups is 1. The lowest BCUT2D eigenvalue weighted by atomic mass is 9.85. The van der Waals surface area contributed by atoms with Gasteiger partial charge in [-0.3, -0.25) is 9.89 Å². The summed E-state index contributed by atoms with van der Waals surface area (Å²) in [4.78, 5) is 15.0. The highest BCUT2D eigenvalue weighted by Crippen LogP contribution is 2.32. The number of likely N-dealkylation sites (N-methyl/N-ethyl adjacent to an activating group) is 1. The third-order valence-corrected chi connectivity index (χ3v) is 5.50. The van der Waals surface area contributed by atoms with Gasteiger partial charge in [0.2, 0.25) is 5.91 Å². The lowest BCUT2D eigenvalue weighted by Gasteiger charge is -2.23. The molecule has 1 aromatic heterocycles. The summed E-state index contributed by atoms with van der Waals surface area (Å²) in [5.41, 5.74) is 4.34. The average Bonchev–Trinajstić information content (AvgIpc) is 3.14. The number of hydrogen-bond donors (Lipinski definition) is 2. The Hall–Kier alpha value is -2.34. The molecule has 6 heteroatoms. The molecule has 1 aliphatic rings. The van der Waals surface area contributed by atoms with Crippen LogP contribution in [-0.2, 0) is 17.6 Å². The molecule has 2 aromatic rings. The molecular weight excluding hydrogens is 340 g/mol. The van der Waals surface area contributed by atoms with Crippen molar-refractivity contribution in [2.24, 2.45) is 5.92 Å². The fraction of sp³-hybridized carbons (Fsp3) is 0.524. The summed E-state index contributed by atoms with van der Waals surface area (Å²) in [6.45, 7) is 7.93. The van der Waals surface area contributed by atoms with E-state index in [2.05, 4.69) is 34.3 Å². The molecule has 0 saturated heterocycles. The number of nitrogens with zero attached hydrogens (tertiary/aromatic N) is 2. The number of aryl methyl sites for hydroxylation is 1. The average molecular weight is 370 g/mol. The van der Waals surface area contributed by atoms with E-state index in [9.17, 15) is 4.79 Å². The highest BCUT2D eigenvalue weighted by atomic mass is 16.5. The summed E-state index contributed by atoms with van der Waals surface area (Å²) >= 11 is 0. The number of rotatable bonds is 8. The first-order valence-electron chi connectivity index (χ1n) is 9.86. The van der Waals surface area contributed by atoms with Crippen LogP contribution < -0.4 is 10.1 Å². The molecule has 0 radical (unpaired) electrons. The van der Waals surface area contributed by atoms with E-state index in [-0.39, 0.29) is 11.8 Å². The number of aromatic amines is 1. The van der Waals surface area contributed by atoms with E-state index in [4.69, 9.17) is 4.74 Å². The number of ether oxygens (including phenoxy) is 1. The fourth-order valence-electron chi connectivity index (χ4n) is 3.73. The molecule has 0 unspecified atom stereocenters. The Morgan fingerprint density at radius 2 is 2.04 bits per heavy atom. The molecule has 0 fully saturated rings. The molecule has 1 amide bonds. The van der Waals surface area contributed by atoms with Gasteiger partial charge in [-0.05, 0) is 56.6 Å². The zero-order valence-corrected chi connectivity index (χ0v) is 16.5. The number of fused-ring (bicyclic) bond motifs is 1. The van der Waals surface area contributed by atoms with Crippen molar-refractivity contribution < 1.29 is 9.53 Å². The van der Waals surface area contributed by atoms with Crippen LogP contribution in [0.1, 0.15) is 31.5 Å². The first kappa shape index (κ1) is 19.4. The highest BCUT2D eigenvalue weighted by molar-refractivity contribution is 5.80. The maximum absolute atomic E-state index is 12.6. The van der Waals surface area contributed by atoms with Gasteiger partial charge in [-0.15, -0.1) is 0 Å². The Morgan fingerprint density at radius 3 is 2.70 bits per heavy atom. The van der Waals surface area contributed by atoms with E-state index in [1.165, 1.54) is 5.56 Å². The fourth-order valence-corrected chi connectivity index (χ4v) is 3.73. The van der Waals surface area contributed by atoms with Gasteiger partial charge in [0, 0.05) is 35.8 Å². The lowest BCUT2D eigenvalue weighted by molar-refractivity contribution is -0.125. The largest absolute Gasteiger partial charge is 0.497 e. The third-order valence-electron chi connectivity index (χ3n) is 5.50. The van der Waals surface area contributed by atoms with Crippen LogP contribution in [0.5, 0.6) is 5.75 Å². The van der Waals surface area contributed by atoms with Crippen molar-refractivity contribution in [2.75, 3.05) is 33.3 Å². The maximum Gasteiger partial charge on any atom is 0.223 e. The number of hydrogen-bond acceptors (Lipinski definition) is 4. The van der Waals surface area contributed by atoms with Crippen molar-refractivity contribution in [3.63, 3.8) is 0 Å². The number of methoxy groups -OCH3 is 1. The number of benzene rings is 1. The minimum atomic E-state index is 0.0174. The van der Waals surface area contributed by atoms with Gasteiger partial charge < -0.3 is 15.0 Å². The van der Waals surface area contributed by atoms with Crippen LogP contribution in [0.3, 0.4) is 0 Å². The number of H-pyrrole nitrogens is 1. The van der Waals surface area contributed by atoms with Crippen molar-refractivity contribution in [3.8, 4) is 17.0 Å². The molecule has 1 aromatic carbocycles. The second kappa shape index (κ2) is 9.04. The predicted octanol–water partition coefficient (Wildman–Crippen LogP) is 2.65. The lowest BCUT2D eigenvalue weighted by Crippen LogP contribution is -2.39. The summed E-state index contributed by atoms with van der Waals surface area (Å²) in [5, 5.41) is 10.8. The van der Waals surface area contributed by atoms with Gasteiger partial charge in [0.15, 0.2) is 0 Å². The van der Waals surface area contributed by atoms with E-state index in [1.807, 2.05) is 24.3 Å². The molecule has 0 aliphatic heterocycles. The molecule has 2 N–H and O–H groups in total. The molecular formula is C21H30N4O2. The third kappa shape index (κ3) is 4.50. The Bertz CT molecular complexity index is 750. The van der Waals surface area contributed by atoms with Gasteiger partial charge in [-0.1, -0.05) is 13.8 Å². The quantitative estimate of drug-likeness (QED) is 0.749. The van der Waals surface area contributed by atoms with Crippen LogP contribution in [0.25, 0.3) is 11.3 Å². The van der Waals surface area contributed by atoms with Gasteiger partial charge in [0.1, 0.15) is 5.75 Å². The molecule has 1 heterocycles. The van der Waals surface area contributed by atoms with Gasteiger partial charge in [-0.2, -0.15) is 5.10 Å². The Morgan fingerprint density at radius 1 is 1.30 bits per heavy atom. The molecule has 0 saturated carbocycles. The molecule has 27 heavy (non-hydrogen) atoms. The Kier molecular flexibility index (Phi) is 6.50. The minimum absolute atomic E-state index is 0.0174. The van der Waals surface area contributed by atoms with Crippen molar-refractivity contribution in [1.82, 2.24) is 20.4 Å². The molecule has 1 atom stereocenters. The molecule has 146 valence electrons. The second-order valence-electron chi connectivity index (χ2n) is 7.02. The molecule has 0 spiro atoms. The minimum Gasteiger partial charge on any atom is -0.497 e. The maximum atomic E-state index is 12.6. The Labute approximate surface area is 161 Å². The van der Waals surface area contributed by atoms with Gasteiger partial charge in [0.05, 0.1) is 12.8 Å². The predicted molar refractivity (Wildman–Crippen MR) is 107 cm³/mol. The zero-order valence-electron chi connectivity index (χ0n) is 16.5. The number of carbonyl (C=O) groups excluding carboxylic acids is 1. The first-order valence-corrected chi connectivity index (χ1v) is 9.86. The van der Waals surface area contributed by atoms with Crippen molar-refractivity contribution in [3.05, 3.63) is 35.5 Å². The topological polar surface area (TPSA) is 70.2 Å². The zero-order chi connectivity index (χ0) is 19.2. The van der Waals surface area contributed by atoms with Crippen LogP contribution in [0.2, 0.25) is 0 Å². The van der Waals surface area contributed by atoms with E-state index in [1.54, 1.807) is 7.11 Å². The summed E-state index contributed by atoms with van der Waals surface area (Å²) in [6, 6.07) is 7.92. The summed E-state index contributed by atoms with van der Waals surface area (Å²) < 4.78 is 5.23. The monoisotopic (exact) mass is 370 g/mol. The Balaban J connectivity index is 1.65. The smallest absolute Gasteiger partial charge is 0.223 e. The van der Waals surface area contributed by atoms with E-state index < -0.39 is 0 Å². The number of aromatic nitrogens is 2. The molecule has 0 bridgehead atoms. The molecule has 6 nitrogen and oxygen atoms in total. The van der Waals surface area contributed by atoms with E-state index in [0.717, 1.165) is 61.6 Å². The molecule has 3 rings (SSSR count). The SMILES string of the molecule is CCN(CC)CCNC(=O)[C@@H]1CCc2[nH]nc(-c3ccc(OC)cc3)c2C1.